The molecule has 3 aromatic rings. The summed E-state index contributed by atoms with van der Waals surface area (Å²) < 4.78 is 1.75. The summed E-state index contributed by atoms with van der Waals surface area (Å²) in [5, 5.41) is 11.0. The van der Waals surface area contributed by atoms with E-state index in [-0.39, 0.29) is 11.9 Å². The number of likely N-dealkylation sites (tertiary alicyclic amines) is 1. The predicted molar refractivity (Wildman–Crippen MR) is 124 cm³/mol. The Bertz CT molecular complexity index is 1070. The van der Waals surface area contributed by atoms with Gasteiger partial charge in [0, 0.05) is 61.9 Å². The number of hydrogen-bond acceptors (Lipinski definition) is 5. The lowest BCUT2D eigenvalue weighted by atomic mass is 9.93. The van der Waals surface area contributed by atoms with Crippen molar-refractivity contribution in [2.75, 3.05) is 18.4 Å². The second-order valence-electron chi connectivity index (χ2n) is 8.81. The number of nitrogens with one attached hydrogen (secondary N) is 2. The number of fused-ring (bicyclic) bond motifs is 1. The van der Waals surface area contributed by atoms with Gasteiger partial charge in [-0.2, -0.15) is 9.61 Å². The van der Waals surface area contributed by atoms with Crippen molar-refractivity contribution >= 4 is 30.8 Å². The van der Waals surface area contributed by atoms with Crippen LogP contribution in [0.5, 0.6) is 0 Å². The van der Waals surface area contributed by atoms with Gasteiger partial charge in [0.15, 0.2) is 0 Å². The highest BCUT2D eigenvalue weighted by Gasteiger charge is 2.27. The number of hydrogen-bond donors (Lipinski definition) is 2. The summed E-state index contributed by atoms with van der Waals surface area (Å²) in [7, 11) is 6.15. The van der Waals surface area contributed by atoms with Crippen molar-refractivity contribution in [3.63, 3.8) is 0 Å². The Labute approximate surface area is 189 Å². The standard InChI is InChI=1S/C23H28BN7O/c24-19-15-27-31-21(26-14-16-4-3-9-25-13-16)12-20(29-22(19)31)17-7-10-30(11-8-17)23(32)28-18-5-1-2-6-18/h3-4,9,12-13,15,17-18,26H,1-2,5-8,10-11,14H2,(H,28,32). The lowest BCUT2D eigenvalue weighted by Gasteiger charge is -2.32. The Morgan fingerprint density at radius 2 is 1.97 bits per heavy atom. The van der Waals surface area contributed by atoms with E-state index in [9.17, 15) is 4.79 Å². The summed E-state index contributed by atoms with van der Waals surface area (Å²) in [6, 6.07) is 6.45. The molecule has 2 N–H and O–H groups in total. The molecule has 0 spiro atoms. The van der Waals surface area contributed by atoms with Gasteiger partial charge in [0.25, 0.3) is 0 Å². The number of rotatable bonds is 5. The van der Waals surface area contributed by atoms with Crippen molar-refractivity contribution in [2.45, 2.75) is 57.0 Å². The Hall–Kier alpha value is -3.10. The number of anilines is 1. The van der Waals surface area contributed by atoms with E-state index in [1.54, 1.807) is 16.9 Å². The lowest BCUT2D eigenvalue weighted by molar-refractivity contribution is 0.177. The maximum atomic E-state index is 12.6. The molecular formula is C23H28BN7O. The molecule has 4 heterocycles. The Kier molecular flexibility index (Phi) is 5.96. The summed E-state index contributed by atoms with van der Waals surface area (Å²) >= 11 is 0. The second kappa shape index (κ2) is 9.18. The molecule has 1 aliphatic carbocycles. The normalized spacial score (nSPS) is 17.7. The van der Waals surface area contributed by atoms with Crippen LogP contribution in [0.4, 0.5) is 10.6 Å². The highest BCUT2D eigenvalue weighted by Crippen LogP contribution is 2.29. The van der Waals surface area contributed by atoms with Crippen LogP contribution >= 0.6 is 0 Å². The Morgan fingerprint density at radius 1 is 1.16 bits per heavy atom. The number of carbonyl (C=O) groups is 1. The third-order valence-electron chi connectivity index (χ3n) is 6.60. The van der Waals surface area contributed by atoms with E-state index in [0.29, 0.717) is 23.7 Å². The molecule has 0 bridgehead atoms. The first-order chi connectivity index (χ1) is 15.7. The zero-order valence-corrected chi connectivity index (χ0v) is 18.2. The van der Waals surface area contributed by atoms with Gasteiger partial charge in [-0.25, -0.2) is 9.78 Å². The van der Waals surface area contributed by atoms with Crippen LogP contribution < -0.4 is 16.1 Å². The highest BCUT2D eigenvalue weighted by atomic mass is 16.2. The van der Waals surface area contributed by atoms with E-state index in [2.05, 4.69) is 26.8 Å². The van der Waals surface area contributed by atoms with Crippen molar-refractivity contribution < 1.29 is 4.79 Å². The topological polar surface area (TPSA) is 87.5 Å². The minimum absolute atomic E-state index is 0.0811. The minimum atomic E-state index is 0.0811. The van der Waals surface area contributed by atoms with Gasteiger partial charge in [-0.3, -0.25) is 4.98 Å². The molecular weight excluding hydrogens is 401 g/mol. The van der Waals surface area contributed by atoms with Crippen LogP contribution in [0, 0.1) is 0 Å². The highest BCUT2D eigenvalue weighted by molar-refractivity contribution is 6.36. The number of pyridine rings is 1. The Balaban J connectivity index is 1.28. The molecule has 1 saturated carbocycles. The van der Waals surface area contributed by atoms with E-state index >= 15 is 0 Å². The van der Waals surface area contributed by atoms with Gasteiger partial charge < -0.3 is 15.5 Å². The number of nitrogens with zero attached hydrogens (tertiary/aromatic N) is 5. The SMILES string of the molecule is [B]c1cnn2c(NCc3cccnc3)cc(C3CCN(C(=O)NC4CCCC4)CC3)nc12. The molecule has 2 amide bonds. The van der Waals surface area contributed by atoms with Gasteiger partial charge in [-0.1, -0.05) is 18.9 Å². The van der Waals surface area contributed by atoms with Crippen LogP contribution in [-0.2, 0) is 6.54 Å². The second-order valence-corrected chi connectivity index (χ2v) is 8.81. The Morgan fingerprint density at radius 3 is 2.72 bits per heavy atom. The molecule has 0 aromatic carbocycles. The molecule has 2 fully saturated rings. The molecule has 2 aliphatic rings. The first-order valence-electron chi connectivity index (χ1n) is 11.5. The van der Waals surface area contributed by atoms with E-state index < -0.39 is 0 Å². The number of carbonyl (C=O) groups excluding carboxylic acids is 1. The fraction of sp³-hybridized carbons (Fsp3) is 0.478. The lowest BCUT2D eigenvalue weighted by Crippen LogP contribution is -2.47. The summed E-state index contributed by atoms with van der Waals surface area (Å²) in [6.07, 6.45) is 11.7. The van der Waals surface area contributed by atoms with Gasteiger partial charge in [0.2, 0.25) is 0 Å². The molecule has 0 unspecified atom stereocenters. The van der Waals surface area contributed by atoms with E-state index in [0.717, 1.165) is 55.8 Å². The number of piperidine rings is 1. The predicted octanol–water partition coefficient (Wildman–Crippen LogP) is 2.36. The zero-order chi connectivity index (χ0) is 21.9. The van der Waals surface area contributed by atoms with E-state index in [1.807, 2.05) is 23.2 Å². The fourth-order valence-electron chi connectivity index (χ4n) is 4.74. The summed E-state index contributed by atoms with van der Waals surface area (Å²) in [4.78, 5) is 23.6. The molecule has 32 heavy (non-hydrogen) atoms. The number of amides is 2. The van der Waals surface area contributed by atoms with Gasteiger partial charge in [-0.15, -0.1) is 0 Å². The first kappa shape index (κ1) is 20.8. The molecule has 3 aromatic heterocycles. The van der Waals surface area contributed by atoms with E-state index in [4.69, 9.17) is 12.8 Å². The minimum Gasteiger partial charge on any atom is -0.366 e. The molecule has 2 radical (unpaired) electrons. The van der Waals surface area contributed by atoms with Gasteiger partial charge in [0.1, 0.15) is 19.3 Å². The molecule has 0 atom stereocenters. The fourth-order valence-corrected chi connectivity index (χ4v) is 4.74. The summed E-state index contributed by atoms with van der Waals surface area (Å²) in [5.41, 5.74) is 3.30. The van der Waals surface area contributed by atoms with Gasteiger partial charge in [0.05, 0.1) is 0 Å². The molecule has 8 nitrogen and oxygen atoms in total. The van der Waals surface area contributed by atoms with Crippen LogP contribution in [0.2, 0.25) is 0 Å². The van der Waals surface area contributed by atoms with Crippen molar-refractivity contribution in [1.82, 2.24) is 29.8 Å². The van der Waals surface area contributed by atoms with Crippen molar-refractivity contribution in [3.05, 3.63) is 48.0 Å². The smallest absolute Gasteiger partial charge is 0.317 e. The quantitative estimate of drug-likeness (QED) is 0.609. The molecule has 9 heteroatoms. The number of urea groups is 1. The van der Waals surface area contributed by atoms with Gasteiger partial charge in [-0.05, 0) is 42.8 Å². The molecule has 5 rings (SSSR count). The third-order valence-corrected chi connectivity index (χ3v) is 6.60. The number of aromatic nitrogens is 4. The van der Waals surface area contributed by atoms with Crippen molar-refractivity contribution in [3.8, 4) is 0 Å². The maximum Gasteiger partial charge on any atom is 0.317 e. The largest absolute Gasteiger partial charge is 0.366 e. The zero-order valence-electron chi connectivity index (χ0n) is 18.2. The van der Waals surface area contributed by atoms with Crippen LogP contribution in [0.3, 0.4) is 0 Å². The summed E-state index contributed by atoms with van der Waals surface area (Å²) in [5.74, 6) is 1.13. The average Bonchev–Trinajstić information content (AvgIpc) is 3.48. The maximum absolute atomic E-state index is 12.6. The molecule has 1 aliphatic heterocycles. The van der Waals surface area contributed by atoms with Crippen LogP contribution in [0.1, 0.15) is 55.7 Å². The van der Waals surface area contributed by atoms with E-state index in [1.165, 1.54) is 12.8 Å². The van der Waals surface area contributed by atoms with Crippen molar-refractivity contribution in [1.29, 1.82) is 0 Å². The monoisotopic (exact) mass is 429 g/mol. The van der Waals surface area contributed by atoms with Gasteiger partial charge >= 0.3 is 6.03 Å². The summed E-state index contributed by atoms with van der Waals surface area (Å²) in [6.45, 7) is 2.11. The molecule has 164 valence electrons. The molecule has 1 saturated heterocycles. The average molecular weight is 429 g/mol. The van der Waals surface area contributed by atoms with Crippen LogP contribution in [0.25, 0.3) is 5.65 Å². The van der Waals surface area contributed by atoms with Crippen LogP contribution in [-0.4, -0.2) is 57.5 Å². The van der Waals surface area contributed by atoms with Crippen molar-refractivity contribution in [2.24, 2.45) is 0 Å². The first-order valence-corrected chi connectivity index (χ1v) is 11.5. The van der Waals surface area contributed by atoms with Crippen LogP contribution in [0.15, 0.2) is 36.8 Å². The third kappa shape index (κ3) is 4.42.